The number of nitrogens with one attached hydrogen (secondary N) is 2. The summed E-state index contributed by atoms with van der Waals surface area (Å²) >= 11 is 0. The maximum atomic E-state index is 13.2. The standard InChI is InChI=1S/C17H16FN5O2/c1-24-14-7-6-13(9-15(14)25-2)20-16-10-19-23-17(22-16)21-12-5-3-4-11(18)8-12/h3-10H,1-2H3,(H2,20,21,22,23). The van der Waals surface area contributed by atoms with Crippen LogP contribution >= 0.6 is 0 Å². The second-order valence-corrected chi connectivity index (χ2v) is 5.00. The molecule has 7 nitrogen and oxygen atoms in total. The number of anilines is 4. The summed E-state index contributed by atoms with van der Waals surface area (Å²) in [6.07, 6.45) is 1.48. The molecule has 0 atom stereocenters. The van der Waals surface area contributed by atoms with Crippen LogP contribution in [0.1, 0.15) is 0 Å². The minimum absolute atomic E-state index is 0.246. The molecule has 2 aromatic carbocycles. The highest BCUT2D eigenvalue weighted by Gasteiger charge is 2.07. The maximum Gasteiger partial charge on any atom is 0.249 e. The van der Waals surface area contributed by atoms with Crippen molar-refractivity contribution in [3.05, 3.63) is 54.5 Å². The highest BCUT2D eigenvalue weighted by molar-refractivity contribution is 5.62. The van der Waals surface area contributed by atoms with Crippen molar-refractivity contribution < 1.29 is 13.9 Å². The highest BCUT2D eigenvalue weighted by atomic mass is 19.1. The lowest BCUT2D eigenvalue weighted by Crippen LogP contribution is -2.02. The predicted molar refractivity (Wildman–Crippen MR) is 92.3 cm³/mol. The van der Waals surface area contributed by atoms with Gasteiger partial charge in [0.15, 0.2) is 17.3 Å². The zero-order chi connectivity index (χ0) is 17.6. The molecule has 128 valence electrons. The van der Waals surface area contributed by atoms with Crippen LogP contribution in [0.5, 0.6) is 11.5 Å². The van der Waals surface area contributed by atoms with Gasteiger partial charge < -0.3 is 20.1 Å². The first-order valence-electron chi connectivity index (χ1n) is 7.39. The van der Waals surface area contributed by atoms with Crippen LogP contribution in [0.4, 0.5) is 27.5 Å². The van der Waals surface area contributed by atoms with E-state index >= 15 is 0 Å². The summed E-state index contributed by atoms with van der Waals surface area (Å²) in [6.45, 7) is 0. The number of aromatic nitrogens is 3. The first kappa shape index (κ1) is 16.4. The van der Waals surface area contributed by atoms with Crippen molar-refractivity contribution in [2.45, 2.75) is 0 Å². The zero-order valence-corrected chi connectivity index (χ0v) is 13.7. The van der Waals surface area contributed by atoms with Crippen LogP contribution in [-0.2, 0) is 0 Å². The molecule has 3 rings (SSSR count). The van der Waals surface area contributed by atoms with Gasteiger partial charge in [-0.3, -0.25) is 0 Å². The van der Waals surface area contributed by atoms with Crippen molar-refractivity contribution in [2.24, 2.45) is 0 Å². The molecule has 0 saturated carbocycles. The van der Waals surface area contributed by atoms with Crippen LogP contribution in [0.25, 0.3) is 0 Å². The van der Waals surface area contributed by atoms with Crippen LogP contribution in [0.3, 0.4) is 0 Å². The first-order valence-corrected chi connectivity index (χ1v) is 7.39. The van der Waals surface area contributed by atoms with Crippen LogP contribution in [-0.4, -0.2) is 29.4 Å². The van der Waals surface area contributed by atoms with E-state index in [0.29, 0.717) is 23.0 Å². The molecule has 3 aromatic rings. The van der Waals surface area contributed by atoms with Gasteiger partial charge in [0, 0.05) is 17.4 Å². The van der Waals surface area contributed by atoms with E-state index in [0.717, 1.165) is 5.69 Å². The van der Waals surface area contributed by atoms with Crippen LogP contribution < -0.4 is 20.1 Å². The molecule has 0 bridgehead atoms. The minimum atomic E-state index is -0.349. The van der Waals surface area contributed by atoms with Crippen molar-refractivity contribution in [3.8, 4) is 11.5 Å². The van der Waals surface area contributed by atoms with Gasteiger partial charge in [-0.05, 0) is 30.3 Å². The molecule has 1 aromatic heterocycles. The Balaban J connectivity index is 1.78. The Bertz CT molecular complexity index is 875. The third-order valence-electron chi connectivity index (χ3n) is 3.30. The molecule has 0 radical (unpaired) electrons. The van der Waals surface area contributed by atoms with E-state index in [1.54, 1.807) is 38.5 Å². The summed E-state index contributed by atoms with van der Waals surface area (Å²) in [5.74, 6) is 1.59. The van der Waals surface area contributed by atoms with Crippen molar-refractivity contribution in [1.29, 1.82) is 0 Å². The molecule has 25 heavy (non-hydrogen) atoms. The molecule has 0 aliphatic rings. The lowest BCUT2D eigenvalue weighted by Gasteiger charge is -2.11. The van der Waals surface area contributed by atoms with Crippen LogP contribution in [0.15, 0.2) is 48.7 Å². The average molecular weight is 341 g/mol. The Hall–Kier alpha value is -3.42. The molecule has 1 heterocycles. The third-order valence-corrected chi connectivity index (χ3v) is 3.30. The number of benzene rings is 2. The van der Waals surface area contributed by atoms with Crippen molar-refractivity contribution >= 4 is 23.1 Å². The Morgan fingerprint density at radius 2 is 1.72 bits per heavy atom. The second-order valence-electron chi connectivity index (χ2n) is 5.00. The lowest BCUT2D eigenvalue weighted by molar-refractivity contribution is 0.355. The number of methoxy groups -OCH3 is 2. The van der Waals surface area contributed by atoms with E-state index in [9.17, 15) is 4.39 Å². The van der Waals surface area contributed by atoms with Gasteiger partial charge in [-0.1, -0.05) is 6.07 Å². The van der Waals surface area contributed by atoms with Gasteiger partial charge in [0.25, 0.3) is 0 Å². The Morgan fingerprint density at radius 1 is 0.920 bits per heavy atom. The quantitative estimate of drug-likeness (QED) is 0.710. The summed E-state index contributed by atoms with van der Waals surface area (Å²) in [5.41, 5.74) is 1.28. The molecule has 0 unspecified atom stereocenters. The molecule has 0 aliphatic carbocycles. The van der Waals surface area contributed by atoms with Gasteiger partial charge in [0.2, 0.25) is 5.95 Å². The number of halogens is 1. The average Bonchev–Trinajstić information content (AvgIpc) is 2.62. The van der Waals surface area contributed by atoms with Crippen LogP contribution in [0.2, 0.25) is 0 Å². The summed E-state index contributed by atoms with van der Waals surface area (Å²) < 4.78 is 23.7. The monoisotopic (exact) mass is 341 g/mol. The fourth-order valence-corrected chi connectivity index (χ4v) is 2.17. The van der Waals surface area contributed by atoms with Gasteiger partial charge in [0.1, 0.15) is 5.82 Å². The fraction of sp³-hybridized carbons (Fsp3) is 0.118. The summed E-state index contributed by atoms with van der Waals surface area (Å²) in [5, 5.41) is 13.8. The van der Waals surface area contributed by atoms with E-state index in [1.807, 2.05) is 6.07 Å². The predicted octanol–water partition coefficient (Wildman–Crippen LogP) is 3.52. The maximum absolute atomic E-state index is 13.2. The van der Waals surface area contributed by atoms with Crippen molar-refractivity contribution in [2.75, 3.05) is 24.9 Å². The van der Waals surface area contributed by atoms with Gasteiger partial charge in [0.05, 0.1) is 20.4 Å². The van der Waals surface area contributed by atoms with Gasteiger partial charge >= 0.3 is 0 Å². The van der Waals surface area contributed by atoms with E-state index in [1.165, 1.54) is 18.3 Å². The molecule has 0 fully saturated rings. The molecule has 8 heteroatoms. The largest absolute Gasteiger partial charge is 0.493 e. The molecule has 0 spiro atoms. The fourth-order valence-electron chi connectivity index (χ4n) is 2.17. The molecule has 0 aliphatic heterocycles. The molecule has 2 N–H and O–H groups in total. The van der Waals surface area contributed by atoms with Gasteiger partial charge in [-0.2, -0.15) is 10.1 Å². The lowest BCUT2D eigenvalue weighted by atomic mass is 10.2. The van der Waals surface area contributed by atoms with Gasteiger partial charge in [-0.25, -0.2) is 4.39 Å². The van der Waals surface area contributed by atoms with Crippen LogP contribution in [0, 0.1) is 5.82 Å². The third kappa shape index (κ3) is 4.11. The van der Waals surface area contributed by atoms with E-state index < -0.39 is 0 Å². The van der Waals surface area contributed by atoms with E-state index in [-0.39, 0.29) is 11.8 Å². The zero-order valence-electron chi connectivity index (χ0n) is 13.7. The Kier molecular flexibility index (Phi) is 4.89. The molecule has 0 amide bonds. The normalized spacial score (nSPS) is 10.2. The number of hydrogen-bond acceptors (Lipinski definition) is 7. The number of hydrogen-bond donors (Lipinski definition) is 2. The molecular weight excluding hydrogens is 325 g/mol. The topological polar surface area (TPSA) is 81.2 Å². The summed E-state index contributed by atoms with van der Waals surface area (Å²) in [7, 11) is 3.14. The SMILES string of the molecule is COc1ccc(Nc2cnnc(Nc3cccc(F)c3)n2)cc1OC. The van der Waals surface area contributed by atoms with Gasteiger partial charge in [-0.15, -0.1) is 5.10 Å². The molecule has 0 saturated heterocycles. The second kappa shape index (κ2) is 7.43. The summed E-state index contributed by atoms with van der Waals surface area (Å²) in [6, 6.07) is 11.4. The number of ether oxygens (including phenoxy) is 2. The Labute approximate surface area is 143 Å². The number of nitrogens with zero attached hydrogens (tertiary/aromatic N) is 3. The highest BCUT2D eigenvalue weighted by Crippen LogP contribution is 2.30. The number of rotatable bonds is 6. The Morgan fingerprint density at radius 3 is 2.48 bits per heavy atom. The first-order chi connectivity index (χ1) is 12.2. The minimum Gasteiger partial charge on any atom is -0.493 e. The van der Waals surface area contributed by atoms with Crippen molar-refractivity contribution in [3.63, 3.8) is 0 Å². The van der Waals surface area contributed by atoms with E-state index in [2.05, 4.69) is 25.8 Å². The molecular formula is C17H16FN5O2. The van der Waals surface area contributed by atoms with E-state index in [4.69, 9.17) is 9.47 Å². The smallest absolute Gasteiger partial charge is 0.249 e. The summed E-state index contributed by atoms with van der Waals surface area (Å²) in [4.78, 5) is 4.30. The van der Waals surface area contributed by atoms with Crippen molar-refractivity contribution in [1.82, 2.24) is 15.2 Å².